The summed E-state index contributed by atoms with van der Waals surface area (Å²) >= 11 is 0. The summed E-state index contributed by atoms with van der Waals surface area (Å²) in [7, 11) is 1.86. The van der Waals surface area contributed by atoms with Gasteiger partial charge < -0.3 is 5.32 Å². The summed E-state index contributed by atoms with van der Waals surface area (Å²) in [5.74, 6) is -0.219. The molecule has 84 valence electrons. The van der Waals surface area contributed by atoms with E-state index in [-0.39, 0.29) is 5.82 Å². The first kappa shape index (κ1) is 10.7. The molecule has 3 nitrogen and oxygen atoms in total. The fourth-order valence-electron chi connectivity index (χ4n) is 1.61. The van der Waals surface area contributed by atoms with Crippen LogP contribution in [0.3, 0.4) is 0 Å². The van der Waals surface area contributed by atoms with Crippen LogP contribution in [-0.2, 0) is 13.6 Å². The Morgan fingerprint density at radius 3 is 2.88 bits per heavy atom. The molecule has 1 N–H and O–H groups in total. The van der Waals surface area contributed by atoms with Crippen molar-refractivity contribution >= 4 is 5.69 Å². The van der Waals surface area contributed by atoms with Gasteiger partial charge in [0.1, 0.15) is 5.82 Å². The molecule has 0 amide bonds. The van der Waals surface area contributed by atoms with Crippen LogP contribution in [0.25, 0.3) is 0 Å². The third kappa shape index (κ3) is 2.21. The number of benzene rings is 1. The first-order chi connectivity index (χ1) is 7.66. The fraction of sp³-hybridized carbons (Fsp3) is 0.250. The van der Waals surface area contributed by atoms with Crippen molar-refractivity contribution < 1.29 is 4.39 Å². The topological polar surface area (TPSA) is 29.9 Å². The van der Waals surface area contributed by atoms with Gasteiger partial charge in [0.25, 0.3) is 0 Å². The van der Waals surface area contributed by atoms with E-state index in [4.69, 9.17) is 0 Å². The normalized spacial score (nSPS) is 10.4. The average Bonchev–Trinajstić information content (AvgIpc) is 2.63. The van der Waals surface area contributed by atoms with E-state index in [2.05, 4.69) is 10.4 Å². The molecule has 0 aliphatic heterocycles. The predicted molar refractivity (Wildman–Crippen MR) is 61.7 cm³/mol. The molecule has 0 saturated heterocycles. The number of halogens is 1. The van der Waals surface area contributed by atoms with Crippen LogP contribution in [0.15, 0.2) is 30.6 Å². The first-order valence-electron chi connectivity index (χ1n) is 5.13. The van der Waals surface area contributed by atoms with Gasteiger partial charge in [0, 0.05) is 25.4 Å². The molecule has 1 heterocycles. The Morgan fingerprint density at radius 2 is 2.25 bits per heavy atom. The van der Waals surface area contributed by atoms with E-state index in [9.17, 15) is 4.39 Å². The predicted octanol–water partition coefficient (Wildman–Crippen LogP) is 2.48. The lowest BCUT2D eigenvalue weighted by molar-refractivity contribution is 0.629. The second-order valence-electron chi connectivity index (χ2n) is 3.81. The summed E-state index contributed by atoms with van der Waals surface area (Å²) in [4.78, 5) is 0. The molecule has 0 unspecified atom stereocenters. The SMILES string of the molecule is Cc1cccc(F)c1NCc1cnn(C)c1. The third-order valence-electron chi connectivity index (χ3n) is 2.45. The molecule has 0 bridgehead atoms. The highest BCUT2D eigenvalue weighted by molar-refractivity contribution is 5.51. The number of anilines is 1. The van der Waals surface area contributed by atoms with Crippen molar-refractivity contribution in [1.82, 2.24) is 9.78 Å². The van der Waals surface area contributed by atoms with E-state index in [0.29, 0.717) is 12.2 Å². The Balaban J connectivity index is 2.10. The van der Waals surface area contributed by atoms with E-state index >= 15 is 0 Å². The summed E-state index contributed by atoms with van der Waals surface area (Å²) in [6.45, 7) is 2.46. The van der Waals surface area contributed by atoms with E-state index in [1.54, 1.807) is 16.9 Å². The van der Waals surface area contributed by atoms with Gasteiger partial charge in [0.15, 0.2) is 0 Å². The Morgan fingerprint density at radius 1 is 1.44 bits per heavy atom. The number of para-hydroxylation sites is 1. The number of aromatic nitrogens is 2. The third-order valence-corrected chi connectivity index (χ3v) is 2.45. The second-order valence-corrected chi connectivity index (χ2v) is 3.81. The maximum Gasteiger partial charge on any atom is 0.146 e. The van der Waals surface area contributed by atoms with Gasteiger partial charge in [0.05, 0.1) is 11.9 Å². The smallest absolute Gasteiger partial charge is 0.146 e. The van der Waals surface area contributed by atoms with Gasteiger partial charge in [-0.2, -0.15) is 5.10 Å². The highest BCUT2D eigenvalue weighted by Gasteiger charge is 2.04. The van der Waals surface area contributed by atoms with Gasteiger partial charge in [-0.15, -0.1) is 0 Å². The van der Waals surface area contributed by atoms with Crippen molar-refractivity contribution in [2.24, 2.45) is 7.05 Å². The number of rotatable bonds is 3. The van der Waals surface area contributed by atoms with Crippen LogP contribution in [0.1, 0.15) is 11.1 Å². The van der Waals surface area contributed by atoms with Crippen LogP contribution in [0, 0.1) is 12.7 Å². The number of nitrogens with one attached hydrogen (secondary N) is 1. The molecule has 0 fully saturated rings. The van der Waals surface area contributed by atoms with E-state index in [1.807, 2.05) is 26.2 Å². The Hall–Kier alpha value is -1.84. The molecule has 0 aliphatic carbocycles. The Bertz CT molecular complexity index is 471. The Kier molecular flexibility index (Phi) is 2.90. The summed E-state index contributed by atoms with van der Waals surface area (Å²) in [5.41, 5.74) is 2.50. The van der Waals surface area contributed by atoms with Crippen LogP contribution in [-0.4, -0.2) is 9.78 Å². The zero-order valence-corrected chi connectivity index (χ0v) is 9.37. The van der Waals surface area contributed by atoms with Crippen LogP contribution in [0.2, 0.25) is 0 Å². The number of nitrogens with zero attached hydrogens (tertiary/aromatic N) is 2. The van der Waals surface area contributed by atoms with Gasteiger partial charge in [-0.3, -0.25) is 4.68 Å². The molecule has 4 heteroatoms. The summed E-state index contributed by atoms with van der Waals surface area (Å²) < 4.78 is 15.2. The van der Waals surface area contributed by atoms with E-state index in [1.165, 1.54) is 6.07 Å². The first-order valence-corrected chi connectivity index (χ1v) is 5.13. The molecule has 2 rings (SSSR count). The molecule has 0 aliphatic rings. The lowest BCUT2D eigenvalue weighted by Gasteiger charge is -2.09. The minimum absolute atomic E-state index is 0.219. The molecule has 0 radical (unpaired) electrons. The number of aryl methyl sites for hydroxylation is 2. The molecule has 16 heavy (non-hydrogen) atoms. The van der Waals surface area contributed by atoms with Crippen LogP contribution < -0.4 is 5.32 Å². The van der Waals surface area contributed by atoms with Crippen LogP contribution in [0.5, 0.6) is 0 Å². The maximum absolute atomic E-state index is 13.5. The Labute approximate surface area is 93.9 Å². The maximum atomic E-state index is 13.5. The van der Waals surface area contributed by atoms with Gasteiger partial charge in [-0.05, 0) is 18.6 Å². The second kappa shape index (κ2) is 4.35. The lowest BCUT2D eigenvalue weighted by atomic mass is 10.2. The monoisotopic (exact) mass is 219 g/mol. The van der Waals surface area contributed by atoms with Crippen molar-refractivity contribution in [2.75, 3.05) is 5.32 Å². The van der Waals surface area contributed by atoms with Gasteiger partial charge in [-0.1, -0.05) is 12.1 Å². The van der Waals surface area contributed by atoms with Crippen molar-refractivity contribution in [3.8, 4) is 0 Å². The lowest BCUT2D eigenvalue weighted by Crippen LogP contribution is -2.02. The van der Waals surface area contributed by atoms with Crippen molar-refractivity contribution in [1.29, 1.82) is 0 Å². The molecular weight excluding hydrogens is 205 g/mol. The molecule has 1 aromatic heterocycles. The molecule has 0 atom stereocenters. The summed E-state index contributed by atoms with van der Waals surface area (Å²) in [6.07, 6.45) is 3.67. The fourth-order valence-corrected chi connectivity index (χ4v) is 1.61. The minimum Gasteiger partial charge on any atom is -0.378 e. The highest BCUT2D eigenvalue weighted by atomic mass is 19.1. The number of hydrogen-bond acceptors (Lipinski definition) is 2. The quantitative estimate of drug-likeness (QED) is 0.859. The standard InChI is InChI=1S/C12H14FN3/c1-9-4-3-5-11(13)12(9)14-6-10-7-15-16(2)8-10/h3-5,7-8,14H,6H2,1-2H3. The van der Waals surface area contributed by atoms with Gasteiger partial charge >= 0.3 is 0 Å². The average molecular weight is 219 g/mol. The van der Waals surface area contributed by atoms with E-state index in [0.717, 1.165) is 11.1 Å². The minimum atomic E-state index is -0.219. The van der Waals surface area contributed by atoms with Crippen molar-refractivity contribution in [3.63, 3.8) is 0 Å². The van der Waals surface area contributed by atoms with Crippen molar-refractivity contribution in [2.45, 2.75) is 13.5 Å². The molecule has 2 aromatic rings. The van der Waals surface area contributed by atoms with Gasteiger partial charge in [-0.25, -0.2) is 4.39 Å². The summed E-state index contributed by atoms with van der Waals surface area (Å²) in [6, 6.07) is 5.05. The van der Waals surface area contributed by atoms with Crippen LogP contribution >= 0.6 is 0 Å². The number of hydrogen-bond donors (Lipinski definition) is 1. The summed E-state index contributed by atoms with van der Waals surface area (Å²) in [5, 5.41) is 7.14. The molecule has 0 saturated carbocycles. The molecule has 1 aromatic carbocycles. The molecular formula is C12H14FN3. The van der Waals surface area contributed by atoms with Gasteiger partial charge in [0.2, 0.25) is 0 Å². The van der Waals surface area contributed by atoms with E-state index < -0.39 is 0 Å². The highest BCUT2D eigenvalue weighted by Crippen LogP contribution is 2.19. The zero-order chi connectivity index (χ0) is 11.5. The molecule has 0 spiro atoms. The van der Waals surface area contributed by atoms with Crippen LogP contribution in [0.4, 0.5) is 10.1 Å². The zero-order valence-electron chi connectivity index (χ0n) is 9.37. The largest absolute Gasteiger partial charge is 0.378 e. The van der Waals surface area contributed by atoms with Crippen molar-refractivity contribution in [3.05, 3.63) is 47.5 Å².